The van der Waals surface area contributed by atoms with Crippen molar-refractivity contribution in [2.24, 2.45) is 5.92 Å². The van der Waals surface area contributed by atoms with E-state index in [0.29, 0.717) is 16.6 Å². The van der Waals surface area contributed by atoms with Crippen molar-refractivity contribution in [1.82, 2.24) is 14.8 Å². The first-order valence-electron chi connectivity index (χ1n) is 5.07. The van der Waals surface area contributed by atoms with E-state index in [1.807, 2.05) is 10.6 Å². The topological polar surface area (TPSA) is 59.6 Å². The highest BCUT2D eigenvalue weighted by Crippen LogP contribution is 2.31. The van der Waals surface area contributed by atoms with Crippen molar-refractivity contribution in [2.75, 3.05) is 5.73 Å². The van der Waals surface area contributed by atoms with Gasteiger partial charge in [-0.15, -0.1) is 16.4 Å². The molecular weight excluding hydrogens is 240 g/mol. The molecule has 0 spiro atoms. The minimum absolute atomic E-state index is 0.159. The number of anilines is 1. The molecule has 0 aliphatic heterocycles. The van der Waals surface area contributed by atoms with Crippen LogP contribution in [0.4, 0.5) is 5.95 Å². The Balaban J connectivity index is 2.54. The molecule has 6 heteroatoms. The zero-order valence-electron chi connectivity index (χ0n) is 9.18. The fraction of sp³-hybridized carbons (Fsp3) is 0.400. The lowest BCUT2D eigenvalue weighted by Crippen LogP contribution is -2.17. The van der Waals surface area contributed by atoms with Crippen LogP contribution in [0.2, 0.25) is 0 Å². The second-order valence-corrected chi connectivity index (χ2v) is 5.33. The molecule has 16 heavy (non-hydrogen) atoms. The summed E-state index contributed by atoms with van der Waals surface area (Å²) in [5, 5.41) is 8.75. The summed E-state index contributed by atoms with van der Waals surface area (Å²) in [6, 6.07) is 4.30. The van der Waals surface area contributed by atoms with Crippen LogP contribution in [0, 0.1) is 10.7 Å². The van der Waals surface area contributed by atoms with Gasteiger partial charge in [0.05, 0.1) is 6.04 Å². The molecule has 2 aromatic heterocycles. The molecule has 0 saturated heterocycles. The van der Waals surface area contributed by atoms with Crippen LogP contribution in [-0.2, 0) is 0 Å². The molecule has 2 heterocycles. The predicted molar refractivity (Wildman–Crippen MR) is 69.1 cm³/mol. The van der Waals surface area contributed by atoms with Crippen molar-refractivity contribution in [3.8, 4) is 0 Å². The maximum atomic E-state index is 5.84. The Kier molecular flexibility index (Phi) is 3.11. The van der Waals surface area contributed by atoms with E-state index in [2.05, 4.69) is 35.5 Å². The predicted octanol–water partition coefficient (Wildman–Crippen LogP) is 2.83. The van der Waals surface area contributed by atoms with E-state index in [4.69, 9.17) is 18.0 Å². The second kappa shape index (κ2) is 4.39. The van der Waals surface area contributed by atoms with Crippen LogP contribution in [-0.4, -0.2) is 14.8 Å². The normalized spacial score (nSPS) is 13.2. The highest BCUT2D eigenvalue weighted by atomic mass is 32.1. The zero-order chi connectivity index (χ0) is 11.7. The van der Waals surface area contributed by atoms with Gasteiger partial charge < -0.3 is 5.73 Å². The van der Waals surface area contributed by atoms with Crippen molar-refractivity contribution in [1.29, 1.82) is 0 Å². The molecule has 0 bridgehead atoms. The maximum Gasteiger partial charge on any atom is 0.221 e. The van der Waals surface area contributed by atoms with Gasteiger partial charge in [0.1, 0.15) is 0 Å². The molecule has 0 saturated carbocycles. The third-order valence-electron chi connectivity index (χ3n) is 2.48. The summed E-state index contributed by atoms with van der Waals surface area (Å²) in [5.74, 6) is 0.849. The lowest BCUT2D eigenvalue weighted by molar-refractivity contribution is 0.443. The Morgan fingerprint density at radius 3 is 2.75 bits per heavy atom. The van der Waals surface area contributed by atoms with E-state index in [9.17, 15) is 0 Å². The van der Waals surface area contributed by atoms with Crippen LogP contribution >= 0.6 is 23.6 Å². The van der Waals surface area contributed by atoms with Gasteiger partial charge in [0.2, 0.25) is 5.95 Å². The number of thiophene rings is 1. The van der Waals surface area contributed by atoms with Crippen molar-refractivity contribution < 1.29 is 0 Å². The molecule has 0 aromatic carbocycles. The Labute approximate surface area is 103 Å². The van der Waals surface area contributed by atoms with Gasteiger partial charge in [0.15, 0.2) is 4.77 Å². The molecule has 0 aliphatic rings. The van der Waals surface area contributed by atoms with Crippen LogP contribution in [0.5, 0.6) is 0 Å². The Bertz CT molecular complexity index is 509. The van der Waals surface area contributed by atoms with Gasteiger partial charge in [-0.05, 0) is 29.6 Å². The summed E-state index contributed by atoms with van der Waals surface area (Å²) >= 11 is 6.92. The molecule has 1 unspecified atom stereocenters. The number of H-pyrrole nitrogens is 1. The van der Waals surface area contributed by atoms with Gasteiger partial charge in [-0.1, -0.05) is 19.9 Å². The fourth-order valence-corrected chi connectivity index (χ4v) is 3.04. The van der Waals surface area contributed by atoms with E-state index in [1.54, 1.807) is 11.3 Å². The number of hydrogen-bond acceptors (Lipinski definition) is 4. The van der Waals surface area contributed by atoms with Crippen molar-refractivity contribution in [2.45, 2.75) is 19.9 Å². The molecule has 0 radical (unpaired) electrons. The summed E-state index contributed by atoms with van der Waals surface area (Å²) in [5.41, 5.74) is 5.84. The molecule has 0 fully saturated rings. The number of aromatic nitrogens is 3. The number of nitrogens with one attached hydrogen (secondary N) is 1. The molecule has 2 aromatic rings. The van der Waals surface area contributed by atoms with Gasteiger partial charge in [-0.25, -0.2) is 5.10 Å². The quantitative estimate of drug-likeness (QED) is 0.828. The number of nitrogen functional groups attached to an aromatic ring is 1. The summed E-state index contributed by atoms with van der Waals surface area (Å²) in [4.78, 5) is 1.25. The number of rotatable bonds is 3. The summed E-state index contributed by atoms with van der Waals surface area (Å²) in [6.07, 6.45) is 0. The van der Waals surface area contributed by atoms with E-state index in [0.717, 1.165) is 0 Å². The SMILES string of the molecule is CC(C)C(c1cccs1)n1c(N)n[nH]c1=S. The van der Waals surface area contributed by atoms with Gasteiger partial charge in [-0.3, -0.25) is 4.57 Å². The third-order valence-corrected chi connectivity index (χ3v) is 3.71. The summed E-state index contributed by atoms with van der Waals surface area (Å²) in [6.45, 7) is 4.30. The first-order chi connectivity index (χ1) is 7.61. The highest BCUT2D eigenvalue weighted by Gasteiger charge is 2.22. The lowest BCUT2D eigenvalue weighted by atomic mass is 10.0. The number of nitrogens with two attached hydrogens (primary N) is 1. The zero-order valence-corrected chi connectivity index (χ0v) is 10.8. The Hall–Kier alpha value is -1.14. The molecule has 4 nitrogen and oxygen atoms in total. The van der Waals surface area contributed by atoms with Crippen LogP contribution in [0.25, 0.3) is 0 Å². The molecule has 0 aliphatic carbocycles. The molecule has 2 rings (SSSR count). The van der Waals surface area contributed by atoms with Crippen LogP contribution < -0.4 is 5.73 Å². The van der Waals surface area contributed by atoms with E-state index < -0.39 is 0 Å². The average Bonchev–Trinajstić information content (AvgIpc) is 2.82. The molecule has 86 valence electrons. The van der Waals surface area contributed by atoms with E-state index >= 15 is 0 Å². The van der Waals surface area contributed by atoms with Crippen LogP contribution in [0.15, 0.2) is 17.5 Å². The van der Waals surface area contributed by atoms with E-state index in [1.165, 1.54) is 4.88 Å². The fourth-order valence-electron chi connectivity index (χ4n) is 1.80. The number of nitrogens with zero attached hydrogens (tertiary/aromatic N) is 2. The second-order valence-electron chi connectivity index (χ2n) is 3.96. The largest absolute Gasteiger partial charge is 0.368 e. The minimum atomic E-state index is 0.159. The number of aromatic amines is 1. The highest BCUT2D eigenvalue weighted by molar-refractivity contribution is 7.71. The van der Waals surface area contributed by atoms with Crippen molar-refractivity contribution in [3.05, 3.63) is 27.2 Å². The third kappa shape index (κ3) is 1.90. The standard InChI is InChI=1S/C10H14N4S2/c1-6(2)8(7-4-3-5-16-7)14-9(11)12-13-10(14)15/h3-6,8H,1-2H3,(H2,11,12)(H,13,15). The van der Waals surface area contributed by atoms with Crippen LogP contribution in [0.3, 0.4) is 0 Å². The van der Waals surface area contributed by atoms with E-state index in [-0.39, 0.29) is 6.04 Å². The first-order valence-corrected chi connectivity index (χ1v) is 6.36. The number of hydrogen-bond donors (Lipinski definition) is 2. The van der Waals surface area contributed by atoms with Crippen LogP contribution in [0.1, 0.15) is 24.8 Å². The lowest BCUT2D eigenvalue weighted by Gasteiger charge is -2.21. The average molecular weight is 254 g/mol. The summed E-state index contributed by atoms with van der Waals surface area (Å²) in [7, 11) is 0. The maximum absolute atomic E-state index is 5.84. The smallest absolute Gasteiger partial charge is 0.221 e. The van der Waals surface area contributed by atoms with Crippen molar-refractivity contribution >= 4 is 29.5 Å². The summed E-state index contributed by atoms with van der Waals surface area (Å²) < 4.78 is 2.45. The minimum Gasteiger partial charge on any atom is -0.368 e. The molecular formula is C10H14N4S2. The molecule has 1 atom stereocenters. The molecule has 3 N–H and O–H groups in total. The van der Waals surface area contributed by atoms with Gasteiger partial charge in [0.25, 0.3) is 0 Å². The molecule has 0 amide bonds. The van der Waals surface area contributed by atoms with Crippen molar-refractivity contribution in [3.63, 3.8) is 0 Å². The van der Waals surface area contributed by atoms with Gasteiger partial charge in [0, 0.05) is 4.88 Å². The monoisotopic (exact) mass is 254 g/mol. The van der Waals surface area contributed by atoms with Gasteiger partial charge in [-0.2, -0.15) is 0 Å². The first kappa shape index (κ1) is 11.3. The Morgan fingerprint density at radius 1 is 1.56 bits per heavy atom. The van der Waals surface area contributed by atoms with Gasteiger partial charge >= 0.3 is 0 Å². The Morgan fingerprint density at radius 2 is 2.31 bits per heavy atom.